The van der Waals surface area contributed by atoms with Crippen LogP contribution in [0.5, 0.6) is 11.5 Å². The minimum atomic E-state index is 0.271. The van der Waals surface area contributed by atoms with Gasteiger partial charge in [-0.2, -0.15) is 0 Å². The van der Waals surface area contributed by atoms with E-state index in [1.165, 1.54) is 0 Å². The van der Waals surface area contributed by atoms with E-state index in [1.54, 1.807) is 12.7 Å². The molecule has 140 valence electrons. The number of rotatable bonds is 4. The number of fused-ring (bicyclic) bond motifs is 2. The molecule has 0 aliphatic carbocycles. The summed E-state index contributed by atoms with van der Waals surface area (Å²) in [6, 6.07) is 12.2. The van der Waals surface area contributed by atoms with Crippen LogP contribution in [0, 0.1) is 0 Å². The number of benzene rings is 2. The third-order valence-corrected chi connectivity index (χ3v) is 5.00. The zero-order valence-corrected chi connectivity index (χ0v) is 15.7. The first kappa shape index (κ1) is 16.6. The molecular formula is C21H19N5O2. The van der Waals surface area contributed by atoms with Gasteiger partial charge in [0, 0.05) is 25.7 Å². The average Bonchev–Trinajstić information content (AvgIpc) is 3.35. The summed E-state index contributed by atoms with van der Waals surface area (Å²) in [5, 5.41) is 1.00. The van der Waals surface area contributed by atoms with Crippen molar-refractivity contribution in [1.29, 1.82) is 0 Å². The van der Waals surface area contributed by atoms with Gasteiger partial charge in [0.2, 0.25) is 6.79 Å². The number of anilines is 1. The minimum absolute atomic E-state index is 0.271. The molecule has 2 aromatic heterocycles. The van der Waals surface area contributed by atoms with Crippen LogP contribution in [0.1, 0.15) is 5.69 Å². The molecule has 2 aromatic carbocycles. The van der Waals surface area contributed by atoms with Gasteiger partial charge in [0.25, 0.3) is 0 Å². The standard InChI is InChI=1S/C21H19N5O2/c1-25(10-16-9-22-12-26(16)2)21-17-7-14(3-5-18(17)23-11-24-21)15-4-6-19-20(8-15)28-13-27-19/h3-9,11-12H,10,13H2,1-2H3. The second-order valence-corrected chi connectivity index (χ2v) is 6.85. The maximum Gasteiger partial charge on any atom is 0.231 e. The Hall–Kier alpha value is -3.61. The second kappa shape index (κ2) is 6.53. The van der Waals surface area contributed by atoms with Crippen LogP contribution in [0.25, 0.3) is 22.0 Å². The smallest absolute Gasteiger partial charge is 0.231 e. The van der Waals surface area contributed by atoms with E-state index in [1.807, 2.05) is 49.1 Å². The maximum absolute atomic E-state index is 5.52. The summed E-state index contributed by atoms with van der Waals surface area (Å²) in [4.78, 5) is 15.3. The van der Waals surface area contributed by atoms with Crippen LogP contribution in [0.3, 0.4) is 0 Å². The normalized spacial score (nSPS) is 12.5. The van der Waals surface area contributed by atoms with Crippen LogP contribution < -0.4 is 14.4 Å². The number of hydrogen-bond donors (Lipinski definition) is 0. The lowest BCUT2D eigenvalue weighted by Crippen LogP contribution is -2.19. The number of ether oxygens (including phenoxy) is 2. The lowest BCUT2D eigenvalue weighted by molar-refractivity contribution is 0.174. The lowest BCUT2D eigenvalue weighted by atomic mass is 10.0. The van der Waals surface area contributed by atoms with E-state index in [2.05, 4.69) is 32.0 Å². The van der Waals surface area contributed by atoms with Crippen LogP contribution >= 0.6 is 0 Å². The summed E-state index contributed by atoms with van der Waals surface area (Å²) < 4.78 is 12.9. The van der Waals surface area contributed by atoms with Crippen molar-refractivity contribution in [1.82, 2.24) is 19.5 Å². The fourth-order valence-electron chi connectivity index (χ4n) is 3.46. The molecule has 0 fully saturated rings. The summed E-state index contributed by atoms with van der Waals surface area (Å²) >= 11 is 0. The molecule has 1 aliphatic rings. The number of nitrogens with zero attached hydrogens (tertiary/aromatic N) is 5. The highest BCUT2D eigenvalue weighted by atomic mass is 16.7. The maximum atomic E-state index is 5.52. The number of aromatic nitrogens is 4. The van der Waals surface area contributed by atoms with E-state index < -0.39 is 0 Å². The summed E-state index contributed by atoms with van der Waals surface area (Å²) in [7, 11) is 4.02. The monoisotopic (exact) mass is 373 g/mol. The Labute approximate surface area is 162 Å². The molecule has 0 atom stereocenters. The third-order valence-electron chi connectivity index (χ3n) is 5.00. The van der Waals surface area contributed by atoms with Gasteiger partial charge in [-0.1, -0.05) is 12.1 Å². The molecule has 0 radical (unpaired) electrons. The van der Waals surface area contributed by atoms with E-state index in [9.17, 15) is 0 Å². The van der Waals surface area contributed by atoms with Gasteiger partial charge in [-0.25, -0.2) is 15.0 Å². The van der Waals surface area contributed by atoms with Gasteiger partial charge in [0.1, 0.15) is 12.1 Å². The number of hydrogen-bond acceptors (Lipinski definition) is 6. The van der Waals surface area contributed by atoms with Gasteiger partial charge in [0.15, 0.2) is 11.5 Å². The van der Waals surface area contributed by atoms with Crippen molar-refractivity contribution in [2.75, 3.05) is 18.7 Å². The average molecular weight is 373 g/mol. The molecule has 0 bridgehead atoms. The van der Waals surface area contributed by atoms with Crippen molar-refractivity contribution in [3.63, 3.8) is 0 Å². The Bertz CT molecular complexity index is 1170. The first-order valence-electron chi connectivity index (χ1n) is 9.00. The first-order chi connectivity index (χ1) is 13.7. The van der Waals surface area contributed by atoms with E-state index in [0.29, 0.717) is 6.54 Å². The largest absolute Gasteiger partial charge is 0.454 e. The third kappa shape index (κ3) is 2.81. The van der Waals surface area contributed by atoms with Crippen molar-refractivity contribution >= 4 is 16.7 Å². The highest BCUT2D eigenvalue weighted by Gasteiger charge is 2.15. The quantitative estimate of drug-likeness (QED) is 0.546. The summed E-state index contributed by atoms with van der Waals surface area (Å²) in [5.41, 5.74) is 4.17. The zero-order valence-electron chi connectivity index (χ0n) is 15.7. The fourth-order valence-corrected chi connectivity index (χ4v) is 3.46. The lowest BCUT2D eigenvalue weighted by Gasteiger charge is -2.20. The summed E-state index contributed by atoms with van der Waals surface area (Å²) in [6.07, 6.45) is 5.29. The highest BCUT2D eigenvalue weighted by molar-refractivity contribution is 5.93. The first-order valence-corrected chi connectivity index (χ1v) is 9.00. The Balaban J connectivity index is 1.55. The molecule has 5 rings (SSSR count). The Morgan fingerprint density at radius 3 is 2.71 bits per heavy atom. The SMILES string of the molecule is CN(Cc1cncn1C)c1ncnc2ccc(-c3ccc4c(c3)OCO4)cc12. The van der Waals surface area contributed by atoms with Crippen molar-refractivity contribution < 1.29 is 9.47 Å². The van der Waals surface area contributed by atoms with Crippen LogP contribution in [-0.2, 0) is 13.6 Å². The number of imidazole rings is 1. The molecule has 28 heavy (non-hydrogen) atoms. The molecule has 1 aliphatic heterocycles. The fraction of sp³-hybridized carbons (Fsp3) is 0.190. The van der Waals surface area contributed by atoms with Gasteiger partial charge in [-0.3, -0.25) is 0 Å². The van der Waals surface area contributed by atoms with E-state index in [0.717, 1.165) is 45.0 Å². The van der Waals surface area contributed by atoms with Gasteiger partial charge >= 0.3 is 0 Å². The second-order valence-electron chi connectivity index (χ2n) is 6.85. The van der Waals surface area contributed by atoms with Gasteiger partial charge in [-0.15, -0.1) is 0 Å². The van der Waals surface area contributed by atoms with Crippen LogP contribution in [0.2, 0.25) is 0 Å². The van der Waals surface area contributed by atoms with Crippen LogP contribution in [0.4, 0.5) is 5.82 Å². The molecule has 0 unspecified atom stereocenters. The minimum Gasteiger partial charge on any atom is -0.454 e. The predicted molar refractivity (Wildman–Crippen MR) is 106 cm³/mol. The van der Waals surface area contributed by atoms with Gasteiger partial charge in [0.05, 0.1) is 24.1 Å². The molecule has 0 saturated heterocycles. The molecule has 7 nitrogen and oxygen atoms in total. The van der Waals surface area contributed by atoms with Gasteiger partial charge < -0.3 is 18.9 Å². The zero-order chi connectivity index (χ0) is 19.1. The van der Waals surface area contributed by atoms with E-state index in [-0.39, 0.29) is 6.79 Å². The molecule has 0 saturated carbocycles. The van der Waals surface area contributed by atoms with Crippen LogP contribution in [-0.4, -0.2) is 33.4 Å². The van der Waals surface area contributed by atoms with Crippen molar-refractivity contribution in [2.24, 2.45) is 7.05 Å². The molecule has 3 heterocycles. The Morgan fingerprint density at radius 2 is 1.86 bits per heavy atom. The molecule has 0 spiro atoms. The predicted octanol–water partition coefficient (Wildman–Crippen LogP) is 3.40. The highest BCUT2D eigenvalue weighted by Crippen LogP contribution is 2.37. The van der Waals surface area contributed by atoms with Crippen molar-refractivity contribution in [3.05, 3.63) is 60.9 Å². The molecule has 0 N–H and O–H groups in total. The van der Waals surface area contributed by atoms with Crippen molar-refractivity contribution in [3.8, 4) is 22.6 Å². The molecule has 4 aromatic rings. The summed E-state index contributed by atoms with van der Waals surface area (Å²) in [5.74, 6) is 2.44. The van der Waals surface area contributed by atoms with Crippen molar-refractivity contribution in [2.45, 2.75) is 6.54 Å². The van der Waals surface area contributed by atoms with E-state index in [4.69, 9.17) is 9.47 Å². The molecular weight excluding hydrogens is 354 g/mol. The Morgan fingerprint density at radius 1 is 1.04 bits per heavy atom. The topological polar surface area (TPSA) is 65.3 Å². The number of aryl methyl sites for hydroxylation is 1. The van der Waals surface area contributed by atoms with Crippen LogP contribution in [0.15, 0.2) is 55.2 Å². The van der Waals surface area contributed by atoms with E-state index >= 15 is 0 Å². The summed E-state index contributed by atoms with van der Waals surface area (Å²) in [6.45, 7) is 0.976. The molecule has 0 amide bonds. The Kier molecular flexibility index (Phi) is 3.86. The van der Waals surface area contributed by atoms with Gasteiger partial charge in [-0.05, 0) is 35.4 Å². The molecule has 7 heteroatoms.